The molecule has 2 aromatic rings. The fraction of sp³-hybridized carbons (Fsp3) is 0.910. The van der Waals surface area contributed by atoms with Gasteiger partial charge in [0.1, 0.15) is 24.4 Å². The molecule has 2 N–H and O–H groups in total. The molecule has 0 amide bonds. The molecular weight excluding hydrogens is 1060 g/mol. The number of aromatic nitrogens is 6. The molecule has 85 heavy (non-hydrogen) atoms. The van der Waals surface area contributed by atoms with Crippen LogP contribution >= 0.6 is 0 Å². The van der Waals surface area contributed by atoms with Gasteiger partial charge < -0.3 is 39.4 Å². The van der Waals surface area contributed by atoms with Crippen LogP contribution in [0.5, 0.6) is 24.0 Å². The number of hydrogen-bond donors (Lipinski definition) is 2. The lowest BCUT2D eigenvalue weighted by Gasteiger charge is -2.53. The standard InChI is InChI=1S/C67H122N14O4/c1-56(2)32-44(33-57(3,4)74-56)80(50-68-52(82-46-36-60(9,10)76(25)61(11,12)37-46)72-53(69-50)83-47-38-62(13,14)77(26)63(15,16)39-47)30-29-31-81(45-34-58(5,6)75-59(7,8)35-45)51-70-54(84-48-40-64(17,18)78(27)65(19,20)41-48)73-55(71-51)85-49-42-66(21,22)79(28)67(23,24)43-49/h44-49,74-75H,29-43H2,1-28H3. The summed E-state index contributed by atoms with van der Waals surface area (Å²) in [5, 5.41) is 7.96. The first-order valence-corrected chi connectivity index (χ1v) is 32.8. The molecule has 18 nitrogen and oxygen atoms in total. The van der Waals surface area contributed by atoms with E-state index in [9.17, 15) is 0 Å². The minimum absolute atomic E-state index is 0.0743. The van der Waals surface area contributed by atoms with Crippen molar-refractivity contribution in [2.45, 2.75) is 353 Å². The third kappa shape index (κ3) is 15.6. The number of nitrogens with zero attached hydrogens (tertiary/aromatic N) is 12. The molecule has 6 aliphatic rings. The smallest absolute Gasteiger partial charge is 0.324 e. The SMILES string of the molecule is CN1C(C)(C)CC(Oc2nc(OC3CC(C)(C)N(C)C(C)(C)C3)nc(N(CCCN(c3nc(OC4CC(C)(C)N(C)C(C)(C)C4)nc(OC4CC(C)(C)N(C)C(C)(C)C4)n3)C3CC(C)(C)NC(C)(C)C3)C3CC(C)(C)NC(C)(C)C3)n2)CC1(C)C. The first-order valence-electron chi connectivity index (χ1n) is 32.8. The monoisotopic (exact) mass is 1190 g/mol. The molecule has 6 aliphatic heterocycles. The third-order valence-electron chi connectivity index (χ3n) is 21.9. The fourth-order valence-corrected chi connectivity index (χ4v) is 17.5. The zero-order valence-electron chi connectivity index (χ0n) is 59.1. The van der Waals surface area contributed by atoms with E-state index in [1.807, 2.05) is 0 Å². The van der Waals surface area contributed by atoms with Crippen molar-refractivity contribution in [1.29, 1.82) is 0 Å². The van der Waals surface area contributed by atoms with Crippen LogP contribution in [-0.4, -0.2) is 194 Å². The molecule has 8 heterocycles. The van der Waals surface area contributed by atoms with Crippen molar-refractivity contribution < 1.29 is 18.9 Å². The highest BCUT2D eigenvalue weighted by Crippen LogP contribution is 2.44. The number of ether oxygens (including phenoxy) is 4. The van der Waals surface area contributed by atoms with Crippen molar-refractivity contribution in [2.24, 2.45) is 0 Å². The third-order valence-corrected chi connectivity index (χ3v) is 21.9. The van der Waals surface area contributed by atoms with E-state index in [0.717, 1.165) is 83.5 Å². The Hall–Kier alpha value is -3.42. The summed E-state index contributed by atoms with van der Waals surface area (Å²) in [6.45, 7) is 56.9. The maximum absolute atomic E-state index is 7.09. The predicted molar refractivity (Wildman–Crippen MR) is 346 cm³/mol. The van der Waals surface area contributed by atoms with Gasteiger partial charge in [0.05, 0.1) is 0 Å². The van der Waals surface area contributed by atoms with Gasteiger partial charge in [-0.15, -0.1) is 9.97 Å². The normalized spacial score (nSPS) is 27.9. The van der Waals surface area contributed by atoms with Gasteiger partial charge >= 0.3 is 24.0 Å². The zero-order valence-corrected chi connectivity index (χ0v) is 59.1. The molecule has 2 aromatic heterocycles. The summed E-state index contributed by atoms with van der Waals surface area (Å²) < 4.78 is 28.4. The molecule has 0 unspecified atom stereocenters. The quantitative estimate of drug-likeness (QED) is 0.163. The number of hydrogen-bond acceptors (Lipinski definition) is 18. The summed E-state index contributed by atoms with van der Waals surface area (Å²) in [6, 6.07) is 1.44. The average Bonchev–Trinajstić information content (AvgIpc) is 1.92. The van der Waals surface area contributed by atoms with E-state index in [-0.39, 0.29) is 103 Å². The second-order valence-corrected chi connectivity index (χ2v) is 35.4. The molecule has 8 rings (SSSR count). The topological polar surface area (TPSA) is 158 Å². The van der Waals surface area contributed by atoms with E-state index in [4.69, 9.17) is 48.9 Å². The Morgan fingerprint density at radius 3 is 0.694 bits per heavy atom. The molecule has 0 atom stereocenters. The molecule has 0 bridgehead atoms. The lowest BCUT2D eigenvalue weighted by molar-refractivity contribution is -0.0617. The van der Waals surface area contributed by atoms with Crippen molar-refractivity contribution in [3.05, 3.63) is 0 Å². The molecule has 0 aromatic carbocycles. The lowest BCUT2D eigenvalue weighted by Crippen LogP contribution is -2.63. The summed E-state index contributed by atoms with van der Waals surface area (Å²) in [7, 11) is 8.93. The number of nitrogens with one attached hydrogen (secondary N) is 2. The first kappa shape index (κ1) is 67.5. The average molecular weight is 1190 g/mol. The van der Waals surface area contributed by atoms with Crippen molar-refractivity contribution in [3.8, 4) is 24.0 Å². The molecule has 484 valence electrons. The minimum atomic E-state index is -0.167. The van der Waals surface area contributed by atoms with E-state index in [0.29, 0.717) is 49.0 Å². The summed E-state index contributed by atoms with van der Waals surface area (Å²) >= 11 is 0. The molecule has 0 aliphatic carbocycles. The number of piperidine rings is 6. The summed E-state index contributed by atoms with van der Waals surface area (Å²) in [5.41, 5.74) is -1.48. The van der Waals surface area contributed by atoms with Crippen LogP contribution < -0.4 is 39.4 Å². The van der Waals surface area contributed by atoms with Crippen LogP contribution in [0.1, 0.15) is 250 Å². The van der Waals surface area contributed by atoms with Gasteiger partial charge in [0.2, 0.25) is 11.9 Å². The van der Waals surface area contributed by atoms with Crippen LogP contribution in [0, 0.1) is 0 Å². The minimum Gasteiger partial charge on any atom is -0.460 e. The molecule has 6 saturated heterocycles. The second-order valence-electron chi connectivity index (χ2n) is 35.4. The van der Waals surface area contributed by atoms with E-state index < -0.39 is 0 Å². The zero-order chi connectivity index (χ0) is 63.5. The summed E-state index contributed by atoms with van der Waals surface area (Å²) in [5.74, 6) is 1.18. The van der Waals surface area contributed by atoms with Gasteiger partial charge in [-0.05, 0) is 226 Å². The van der Waals surface area contributed by atoms with Gasteiger partial charge in [0.25, 0.3) is 0 Å². The van der Waals surface area contributed by atoms with Crippen molar-refractivity contribution >= 4 is 11.9 Å². The highest BCUT2D eigenvalue weighted by molar-refractivity contribution is 5.38. The van der Waals surface area contributed by atoms with Crippen LogP contribution in [-0.2, 0) is 0 Å². The molecular formula is C67H122N14O4. The Kier molecular flexibility index (Phi) is 18.1. The maximum Gasteiger partial charge on any atom is 0.324 e. The maximum atomic E-state index is 7.09. The van der Waals surface area contributed by atoms with Crippen molar-refractivity contribution in [2.75, 3.05) is 51.1 Å². The van der Waals surface area contributed by atoms with Crippen molar-refractivity contribution in [1.82, 2.24) is 60.1 Å². The van der Waals surface area contributed by atoms with E-state index in [1.165, 1.54) is 0 Å². The summed E-state index contributed by atoms with van der Waals surface area (Å²) in [6.07, 6.45) is 10.5. The van der Waals surface area contributed by atoms with E-state index in [1.54, 1.807) is 0 Å². The van der Waals surface area contributed by atoms with Gasteiger partial charge in [-0.1, -0.05) is 0 Å². The van der Waals surface area contributed by atoms with E-state index >= 15 is 0 Å². The number of rotatable bonds is 16. The van der Waals surface area contributed by atoms with Gasteiger partial charge in [0, 0.05) is 143 Å². The fourth-order valence-electron chi connectivity index (χ4n) is 17.5. The van der Waals surface area contributed by atoms with Crippen LogP contribution in [0.15, 0.2) is 0 Å². The highest BCUT2D eigenvalue weighted by atomic mass is 16.5. The second kappa shape index (κ2) is 22.8. The lowest BCUT2D eigenvalue weighted by atomic mass is 9.79. The largest absolute Gasteiger partial charge is 0.460 e. The van der Waals surface area contributed by atoms with Gasteiger partial charge in [-0.25, -0.2) is 0 Å². The molecule has 6 fully saturated rings. The Balaban J connectivity index is 1.22. The Bertz CT molecular complexity index is 2260. The highest BCUT2D eigenvalue weighted by Gasteiger charge is 2.50. The first-order chi connectivity index (χ1) is 38.5. The summed E-state index contributed by atoms with van der Waals surface area (Å²) in [4.78, 5) is 46.7. The van der Waals surface area contributed by atoms with Crippen LogP contribution in [0.3, 0.4) is 0 Å². The molecule has 0 radical (unpaired) electrons. The Morgan fingerprint density at radius 1 is 0.318 bits per heavy atom. The van der Waals surface area contributed by atoms with E-state index in [2.05, 4.69) is 234 Å². The van der Waals surface area contributed by atoms with Gasteiger partial charge in [-0.3, -0.25) is 19.6 Å². The molecule has 0 spiro atoms. The van der Waals surface area contributed by atoms with Crippen LogP contribution in [0.2, 0.25) is 0 Å². The number of likely N-dealkylation sites (tertiary alicyclic amines) is 4. The van der Waals surface area contributed by atoms with Gasteiger partial charge in [0.15, 0.2) is 0 Å². The molecule has 18 heteroatoms. The Labute approximate surface area is 516 Å². The van der Waals surface area contributed by atoms with Crippen LogP contribution in [0.4, 0.5) is 11.9 Å². The van der Waals surface area contributed by atoms with Crippen LogP contribution in [0.25, 0.3) is 0 Å². The predicted octanol–water partition coefficient (Wildman–Crippen LogP) is 11.5. The molecule has 0 saturated carbocycles. The Morgan fingerprint density at radius 2 is 0.506 bits per heavy atom. The number of anilines is 2. The van der Waals surface area contributed by atoms with Gasteiger partial charge in [-0.2, -0.15) is 19.9 Å². The van der Waals surface area contributed by atoms with Crippen molar-refractivity contribution in [3.63, 3.8) is 0 Å².